The zero-order valence-electron chi connectivity index (χ0n) is 24.9. The molecule has 2 nitrogen and oxygen atoms in total. The van der Waals surface area contributed by atoms with Gasteiger partial charge in [-0.05, 0) is 92.5 Å². The second kappa shape index (κ2) is 9.69. The molecule has 1 aliphatic heterocycles. The highest BCUT2D eigenvalue weighted by molar-refractivity contribution is 6.14. The second-order valence-electron chi connectivity index (χ2n) is 12.1. The first-order chi connectivity index (χ1) is 22.8. The molecule has 0 aliphatic carbocycles. The lowest BCUT2D eigenvalue weighted by Crippen LogP contribution is -1.97. The Morgan fingerprint density at radius 1 is 0.370 bits per heavy atom. The number of para-hydroxylation sites is 2. The fraction of sp³-hybridized carbons (Fsp3) is 0. The predicted molar refractivity (Wildman–Crippen MR) is 192 cm³/mol. The van der Waals surface area contributed by atoms with E-state index in [1.807, 2.05) is 12.1 Å². The molecule has 0 amide bonds. The van der Waals surface area contributed by atoms with Crippen LogP contribution in [0.25, 0.3) is 82.4 Å². The van der Waals surface area contributed by atoms with Crippen LogP contribution in [-0.4, -0.2) is 4.57 Å². The first kappa shape index (κ1) is 25.2. The van der Waals surface area contributed by atoms with E-state index in [4.69, 9.17) is 4.74 Å². The van der Waals surface area contributed by atoms with Gasteiger partial charge >= 0.3 is 0 Å². The molecule has 0 atom stereocenters. The summed E-state index contributed by atoms with van der Waals surface area (Å²) in [6.07, 6.45) is 0. The summed E-state index contributed by atoms with van der Waals surface area (Å²) in [4.78, 5) is 0. The Morgan fingerprint density at radius 2 is 1.09 bits per heavy atom. The van der Waals surface area contributed by atoms with Crippen molar-refractivity contribution in [3.8, 4) is 50.6 Å². The minimum atomic E-state index is 0.912. The van der Waals surface area contributed by atoms with Crippen molar-refractivity contribution in [2.45, 2.75) is 0 Å². The van der Waals surface area contributed by atoms with Crippen LogP contribution in [0, 0.1) is 0 Å². The summed E-state index contributed by atoms with van der Waals surface area (Å²) in [6, 6.07) is 59.1. The standard InChI is InChI=1S/C44H27NO/c1-2-10-31-27-41-39(26-30(31)9-1)35-13-3-5-17-40(35)45(41)33-21-19-28(20-22-33)29-11-7-12-32(25-29)34-23-24-43-44-37(34)15-8-16-38(44)36-14-4-6-18-42(36)46-43/h1-27H. The molecular weight excluding hydrogens is 558 g/mol. The monoisotopic (exact) mass is 585 g/mol. The van der Waals surface area contributed by atoms with Gasteiger partial charge in [-0.25, -0.2) is 0 Å². The highest BCUT2D eigenvalue weighted by Crippen LogP contribution is 2.48. The first-order valence-corrected chi connectivity index (χ1v) is 15.8. The zero-order valence-corrected chi connectivity index (χ0v) is 24.9. The van der Waals surface area contributed by atoms with Crippen LogP contribution in [0.3, 0.4) is 0 Å². The summed E-state index contributed by atoms with van der Waals surface area (Å²) in [5.74, 6) is 1.83. The van der Waals surface area contributed by atoms with E-state index in [-0.39, 0.29) is 0 Å². The van der Waals surface area contributed by atoms with E-state index in [1.54, 1.807) is 0 Å². The Bertz CT molecular complexity index is 2660. The van der Waals surface area contributed by atoms with E-state index < -0.39 is 0 Å². The maximum atomic E-state index is 6.35. The fourth-order valence-electron chi connectivity index (χ4n) is 7.43. The van der Waals surface area contributed by atoms with Gasteiger partial charge in [0.05, 0.1) is 11.0 Å². The number of benzene rings is 8. The molecule has 0 unspecified atom stereocenters. The Kier molecular flexibility index (Phi) is 5.31. The SMILES string of the molecule is c1cc(-c2ccc(-n3c4ccccc4c4cc5ccccc5cc43)cc2)cc(-c2ccc3c4c(cccc24)-c2ccccc2O3)c1. The third-order valence-corrected chi connectivity index (χ3v) is 9.57. The molecule has 9 aromatic rings. The highest BCUT2D eigenvalue weighted by atomic mass is 16.5. The van der Waals surface area contributed by atoms with Gasteiger partial charge in [0.15, 0.2) is 0 Å². The van der Waals surface area contributed by atoms with Gasteiger partial charge in [-0.3, -0.25) is 0 Å². The summed E-state index contributed by atoms with van der Waals surface area (Å²) >= 11 is 0. The number of hydrogen-bond acceptors (Lipinski definition) is 1. The van der Waals surface area contributed by atoms with Crippen LogP contribution in [0.2, 0.25) is 0 Å². The quantitative estimate of drug-likeness (QED) is 0.201. The van der Waals surface area contributed by atoms with E-state index >= 15 is 0 Å². The average Bonchev–Trinajstić information content (AvgIpc) is 3.44. The maximum Gasteiger partial charge on any atom is 0.135 e. The van der Waals surface area contributed by atoms with E-state index in [0.29, 0.717) is 0 Å². The second-order valence-corrected chi connectivity index (χ2v) is 12.1. The minimum Gasteiger partial charge on any atom is -0.456 e. The number of fused-ring (bicyclic) bond motifs is 6. The molecule has 0 N–H and O–H groups in total. The smallest absolute Gasteiger partial charge is 0.135 e. The van der Waals surface area contributed by atoms with Crippen LogP contribution in [0.15, 0.2) is 164 Å². The summed E-state index contributed by atoms with van der Waals surface area (Å²) in [5.41, 5.74) is 10.8. The molecule has 2 heterocycles. The lowest BCUT2D eigenvalue weighted by molar-refractivity contribution is 0.487. The molecule has 0 bridgehead atoms. The summed E-state index contributed by atoms with van der Waals surface area (Å²) < 4.78 is 8.74. The van der Waals surface area contributed by atoms with E-state index in [9.17, 15) is 0 Å². The molecule has 1 aromatic heterocycles. The van der Waals surface area contributed by atoms with Crippen molar-refractivity contribution in [1.29, 1.82) is 0 Å². The zero-order chi connectivity index (χ0) is 30.2. The van der Waals surface area contributed by atoms with Crippen LogP contribution >= 0.6 is 0 Å². The molecule has 46 heavy (non-hydrogen) atoms. The number of rotatable bonds is 3. The van der Waals surface area contributed by atoms with Crippen molar-refractivity contribution in [3.63, 3.8) is 0 Å². The van der Waals surface area contributed by atoms with Gasteiger partial charge in [0, 0.05) is 27.4 Å². The van der Waals surface area contributed by atoms with Gasteiger partial charge in [-0.15, -0.1) is 0 Å². The van der Waals surface area contributed by atoms with Gasteiger partial charge in [0.2, 0.25) is 0 Å². The van der Waals surface area contributed by atoms with Crippen molar-refractivity contribution < 1.29 is 4.74 Å². The van der Waals surface area contributed by atoms with Gasteiger partial charge in [-0.2, -0.15) is 0 Å². The predicted octanol–water partition coefficient (Wildman–Crippen LogP) is 12.2. The normalized spacial score (nSPS) is 12.1. The van der Waals surface area contributed by atoms with Crippen LogP contribution in [0.5, 0.6) is 11.5 Å². The van der Waals surface area contributed by atoms with Crippen molar-refractivity contribution in [1.82, 2.24) is 4.57 Å². The Hall–Kier alpha value is -6.12. The van der Waals surface area contributed by atoms with Gasteiger partial charge in [-0.1, -0.05) is 115 Å². The summed E-state index contributed by atoms with van der Waals surface area (Å²) in [5, 5.41) is 7.45. The molecule has 214 valence electrons. The molecule has 8 aromatic carbocycles. The van der Waals surface area contributed by atoms with Crippen LogP contribution < -0.4 is 4.74 Å². The summed E-state index contributed by atoms with van der Waals surface area (Å²) in [7, 11) is 0. The van der Waals surface area contributed by atoms with Crippen molar-refractivity contribution in [2.75, 3.05) is 0 Å². The third-order valence-electron chi connectivity index (χ3n) is 9.57. The molecule has 0 saturated carbocycles. The Morgan fingerprint density at radius 3 is 2.00 bits per heavy atom. The van der Waals surface area contributed by atoms with Gasteiger partial charge < -0.3 is 9.30 Å². The Balaban J connectivity index is 1.07. The molecule has 0 spiro atoms. The lowest BCUT2D eigenvalue weighted by atomic mass is 9.90. The summed E-state index contributed by atoms with van der Waals surface area (Å²) in [6.45, 7) is 0. The number of nitrogens with zero attached hydrogens (tertiary/aromatic N) is 1. The van der Waals surface area contributed by atoms with Crippen molar-refractivity contribution in [3.05, 3.63) is 164 Å². The molecule has 0 radical (unpaired) electrons. The van der Waals surface area contributed by atoms with Gasteiger partial charge in [0.1, 0.15) is 11.5 Å². The molecule has 1 aliphatic rings. The van der Waals surface area contributed by atoms with E-state index in [0.717, 1.165) is 22.7 Å². The van der Waals surface area contributed by atoms with Crippen molar-refractivity contribution >= 4 is 43.4 Å². The molecule has 0 saturated heterocycles. The molecule has 10 rings (SSSR count). The molecular formula is C44H27NO. The van der Waals surface area contributed by atoms with Crippen LogP contribution in [0.4, 0.5) is 0 Å². The highest BCUT2D eigenvalue weighted by Gasteiger charge is 2.21. The number of ether oxygens (including phenoxy) is 1. The van der Waals surface area contributed by atoms with Crippen LogP contribution in [0.1, 0.15) is 0 Å². The third kappa shape index (κ3) is 3.71. The van der Waals surface area contributed by atoms with E-state index in [1.165, 1.54) is 71.2 Å². The van der Waals surface area contributed by atoms with Crippen molar-refractivity contribution in [2.24, 2.45) is 0 Å². The average molecular weight is 586 g/mol. The Labute approximate surface area is 266 Å². The maximum absolute atomic E-state index is 6.35. The number of aromatic nitrogens is 1. The molecule has 0 fully saturated rings. The fourth-order valence-corrected chi connectivity index (χ4v) is 7.43. The van der Waals surface area contributed by atoms with E-state index in [2.05, 4.69) is 156 Å². The number of hydrogen-bond donors (Lipinski definition) is 0. The lowest BCUT2D eigenvalue weighted by Gasteiger charge is -2.22. The minimum absolute atomic E-state index is 0.912. The van der Waals surface area contributed by atoms with Gasteiger partial charge in [0.25, 0.3) is 0 Å². The molecule has 2 heteroatoms. The first-order valence-electron chi connectivity index (χ1n) is 15.8. The van der Waals surface area contributed by atoms with Crippen LogP contribution in [-0.2, 0) is 0 Å². The largest absolute Gasteiger partial charge is 0.456 e. The topological polar surface area (TPSA) is 14.2 Å².